The molecule has 1 amide bonds. The SMILES string of the molecule is CSCC[C@@H](NC(=O)c1ccc(F)cc1O)C(=O)O. The van der Waals surface area contributed by atoms with Crippen LogP contribution in [0.2, 0.25) is 0 Å². The minimum atomic E-state index is -1.15. The minimum Gasteiger partial charge on any atom is -0.507 e. The van der Waals surface area contributed by atoms with E-state index >= 15 is 0 Å². The van der Waals surface area contributed by atoms with Crippen LogP contribution < -0.4 is 5.32 Å². The summed E-state index contributed by atoms with van der Waals surface area (Å²) >= 11 is 1.46. The third-order valence-electron chi connectivity index (χ3n) is 2.42. The lowest BCUT2D eigenvalue weighted by molar-refractivity contribution is -0.139. The molecule has 5 nitrogen and oxygen atoms in total. The molecule has 0 saturated heterocycles. The second-order valence-electron chi connectivity index (χ2n) is 3.81. The van der Waals surface area contributed by atoms with E-state index < -0.39 is 29.5 Å². The number of halogens is 1. The van der Waals surface area contributed by atoms with Crippen molar-refractivity contribution in [1.29, 1.82) is 0 Å². The molecular weight excluding hydrogens is 273 g/mol. The van der Waals surface area contributed by atoms with Gasteiger partial charge in [-0.2, -0.15) is 11.8 Å². The van der Waals surface area contributed by atoms with Gasteiger partial charge in [-0.15, -0.1) is 0 Å². The van der Waals surface area contributed by atoms with Gasteiger partial charge in [-0.3, -0.25) is 4.79 Å². The van der Waals surface area contributed by atoms with Gasteiger partial charge in [0.25, 0.3) is 5.91 Å². The second kappa shape index (κ2) is 6.98. The Labute approximate surface area is 113 Å². The third-order valence-corrected chi connectivity index (χ3v) is 3.06. The van der Waals surface area contributed by atoms with Crippen molar-refractivity contribution in [1.82, 2.24) is 5.32 Å². The highest BCUT2D eigenvalue weighted by molar-refractivity contribution is 7.98. The van der Waals surface area contributed by atoms with E-state index in [1.807, 2.05) is 6.26 Å². The molecule has 3 N–H and O–H groups in total. The van der Waals surface area contributed by atoms with Crippen molar-refractivity contribution in [3.63, 3.8) is 0 Å². The van der Waals surface area contributed by atoms with Crippen LogP contribution in [0, 0.1) is 5.82 Å². The van der Waals surface area contributed by atoms with E-state index in [-0.39, 0.29) is 12.0 Å². The van der Waals surface area contributed by atoms with Crippen molar-refractivity contribution >= 4 is 23.6 Å². The van der Waals surface area contributed by atoms with Crippen LogP contribution in [0.15, 0.2) is 18.2 Å². The van der Waals surface area contributed by atoms with Crippen LogP contribution in [0.25, 0.3) is 0 Å². The Balaban J connectivity index is 2.78. The van der Waals surface area contributed by atoms with Crippen molar-refractivity contribution in [2.75, 3.05) is 12.0 Å². The Morgan fingerprint density at radius 3 is 2.68 bits per heavy atom. The maximum absolute atomic E-state index is 12.8. The largest absolute Gasteiger partial charge is 0.507 e. The lowest BCUT2D eigenvalue weighted by Gasteiger charge is -2.14. The molecule has 19 heavy (non-hydrogen) atoms. The summed E-state index contributed by atoms with van der Waals surface area (Å²) in [6, 6.07) is 1.89. The average Bonchev–Trinajstić information content (AvgIpc) is 2.33. The number of phenols is 1. The maximum Gasteiger partial charge on any atom is 0.326 e. The molecule has 0 fully saturated rings. The van der Waals surface area contributed by atoms with Crippen LogP contribution in [0.4, 0.5) is 4.39 Å². The molecule has 104 valence electrons. The van der Waals surface area contributed by atoms with Crippen LogP contribution in [0.1, 0.15) is 16.8 Å². The van der Waals surface area contributed by atoms with Gasteiger partial charge in [0.1, 0.15) is 17.6 Å². The van der Waals surface area contributed by atoms with E-state index in [0.717, 1.165) is 18.2 Å². The fourth-order valence-corrected chi connectivity index (χ4v) is 1.90. The Hall–Kier alpha value is -1.76. The van der Waals surface area contributed by atoms with Crippen molar-refractivity contribution in [2.24, 2.45) is 0 Å². The van der Waals surface area contributed by atoms with Crippen LogP contribution in [-0.2, 0) is 4.79 Å². The number of hydrogen-bond donors (Lipinski definition) is 3. The van der Waals surface area contributed by atoms with Crippen molar-refractivity contribution < 1.29 is 24.2 Å². The van der Waals surface area contributed by atoms with E-state index in [9.17, 15) is 19.1 Å². The number of aliphatic carboxylic acids is 1. The molecule has 0 bridgehead atoms. The number of phenolic OH excluding ortho intramolecular Hbond substituents is 1. The lowest BCUT2D eigenvalue weighted by atomic mass is 10.1. The van der Waals surface area contributed by atoms with Gasteiger partial charge < -0.3 is 15.5 Å². The molecule has 0 saturated carbocycles. The van der Waals surface area contributed by atoms with E-state index in [1.165, 1.54) is 11.8 Å². The third kappa shape index (κ3) is 4.44. The summed E-state index contributed by atoms with van der Waals surface area (Å²) in [5.41, 5.74) is -0.156. The summed E-state index contributed by atoms with van der Waals surface area (Å²) < 4.78 is 12.8. The summed E-state index contributed by atoms with van der Waals surface area (Å²) in [4.78, 5) is 22.8. The molecule has 1 aromatic carbocycles. The normalized spacial score (nSPS) is 11.9. The molecule has 0 heterocycles. The van der Waals surface area contributed by atoms with Crippen molar-refractivity contribution in [2.45, 2.75) is 12.5 Å². The average molecular weight is 287 g/mol. The summed E-state index contributed by atoms with van der Waals surface area (Å²) in [7, 11) is 0. The minimum absolute atomic E-state index is 0.156. The molecule has 0 aliphatic carbocycles. The van der Waals surface area contributed by atoms with E-state index in [0.29, 0.717) is 5.75 Å². The zero-order valence-corrected chi connectivity index (χ0v) is 11.0. The Morgan fingerprint density at radius 1 is 1.47 bits per heavy atom. The fourth-order valence-electron chi connectivity index (χ4n) is 1.43. The van der Waals surface area contributed by atoms with Gasteiger partial charge in [-0.1, -0.05) is 0 Å². The van der Waals surface area contributed by atoms with E-state index in [4.69, 9.17) is 5.11 Å². The molecule has 1 atom stereocenters. The van der Waals surface area contributed by atoms with E-state index in [1.54, 1.807) is 0 Å². The molecule has 0 aliphatic heterocycles. The molecule has 0 spiro atoms. The highest BCUT2D eigenvalue weighted by atomic mass is 32.2. The van der Waals surface area contributed by atoms with Crippen LogP contribution in [0.5, 0.6) is 5.75 Å². The van der Waals surface area contributed by atoms with E-state index in [2.05, 4.69) is 5.32 Å². The van der Waals surface area contributed by atoms with Gasteiger partial charge in [0.2, 0.25) is 0 Å². The quantitative estimate of drug-likeness (QED) is 0.737. The Morgan fingerprint density at radius 2 is 2.16 bits per heavy atom. The molecule has 1 rings (SSSR count). The lowest BCUT2D eigenvalue weighted by Crippen LogP contribution is -2.41. The summed E-state index contributed by atoms with van der Waals surface area (Å²) in [5, 5.41) is 20.7. The van der Waals surface area contributed by atoms with Gasteiger partial charge >= 0.3 is 5.97 Å². The molecule has 0 radical (unpaired) electrons. The van der Waals surface area contributed by atoms with Gasteiger partial charge in [-0.05, 0) is 30.6 Å². The van der Waals surface area contributed by atoms with Gasteiger partial charge in [0.15, 0.2) is 0 Å². The summed E-state index contributed by atoms with van der Waals surface area (Å²) in [6.07, 6.45) is 2.09. The number of rotatable bonds is 6. The van der Waals surface area contributed by atoms with Crippen LogP contribution in [-0.4, -0.2) is 40.1 Å². The first-order valence-electron chi connectivity index (χ1n) is 5.46. The second-order valence-corrected chi connectivity index (χ2v) is 4.79. The Kier molecular flexibility index (Phi) is 5.62. The Bertz CT molecular complexity index is 481. The number of carboxylic acids is 1. The van der Waals surface area contributed by atoms with Crippen LogP contribution >= 0.6 is 11.8 Å². The highest BCUT2D eigenvalue weighted by Gasteiger charge is 2.21. The van der Waals surface area contributed by atoms with Gasteiger partial charge in [0.05, 0.1) is 5.56 Å². The van der Waals surface area contributed by atoms with Gasteiger partial charge in [-0.25, -0.2) is 9.18 Å². The molecule has 0 aromatic heterocycles. The van der Waals surface area contributed by atoms with Crippen LogP contribution in [0.3, 0.4) is 0 Å². The molecule has 1 aromatic rings. The van der Waals surface area contributed by atoms with Gasteiger partial charge in [0, 0.05) is 6.07 Å². The first kappa shape index (κ1) is 15.3. The number of carbonyl (C=O) groups is 2. The molecule has 0 aliphatic rings. The van der Waals surface area contributed by atoms with Crippen molar-refractivity contribution in [3.05, 3.63) is 29.6 Å². The first-order valence-corrected chi connectivity index (χ1v) is 6.86. The summed E-state index contributed by atoms with van der Waals surface area (Å²) in [5.74, 6) is -2.51. The smallest absolute Gasteiger partial charge is 0.326 e. The molecule has 7 heteroatoms. The maximum atomic E-state index is 12.8. The number of hydrogen-bond acceptors (Lipinski definition) is 4. The zero-order valence-electron chi connectivity index (χ0n) is 10.2. The highest BCUT2D eigenvalue weighted by Crippen LogP contribution is 2.18. The number of carboxylic acid groups (broad SMARTS) is 1. The molecule has 0 unspecified atom stereocenters. The summed E-state index contributed by atoms with van der Waals surface area (Å²) in [6.45, 7) is 0. The zero-order chi connectivity index (χ0) is 14.4. The van der Waals surface area contributed by atoms with Crippen molar-refractivity contribution in [3.8, 4) is 5.75 Å². The monoisotopic (exact) mass is 287 g/mol. The molecular formula is C12H14FNO4S. The number of amides is 1. The predicted molar refractivity (Wildman–Crippen MR) is 70.0 cm³/mol. The number of aromatic hydroxyl groups is 1. The number of nitrogens with one attached hydrogen (secondary N) is 1. The first-order chi connectivity index (χ1) is 8.95. The predicted octanol–water partition coefficient (Wildman–Crippen LogP) is 1.47. The standard InChI is InChI=1S/C12H14FNO4S/c1-19-5-4-9(12(17)18)14-11(16)8-3-2-7(13)6-10(8)15/h2-3,6,9,15H,4-5H2,1H3,(H,14,16)(H,17,18)/t9-/m1/s1. The number of thioether (sulfide) groups is 1. The fraction of sp³-hybridized carbons (Fsp3) is 0.333. The topological polar surface area (TPSA) is 86.6 Å². The number of benzene rings is 1. The number of carbonyl (C=O) groups excluding carboxylic acids is 1.